The van der Waals surface area contributed by atoms with Gasteiger partial charge in [-0.3, -0.25) is 19.4 Å². The number of thiocarbonyl (C=S) groups is 1. The molecule has 0 spiro atoms. The first-order valence-electron chi connectivity index (χ1n) is 11.5. The Hall–Kier alpha value is -3.51. The summed E-state index contributed by atoms with van der Waals surface area (Å²) in [5.41, 5.74) is 7.08. The fraction of sp³-hybridized carbons (Fsp3) is 0.250. The zero-order valence-electron chi connectivity index (χ0n) is 20.3. The number of rotatable bonds is 5. The Labute approximate surface area is 206 Å². The minimum absolute atomic E-state index is 0.117. The zero-order valence-corrected chi connectivity index (χ0v) is 21.1. The monoisotopic (exact) mass is 471 g/mol. The molecule has 4 rings (SSSR count). The molecule has 0 radical (unpaired) electrons. The molecule has 1 aromatic heterocycles. The van der Waals surface area contributed by atoms with E-state index >= 15 is 0 Å². The van der Waals surface area contributed by atoms with Gasteiger partial charge in [-0.25, -0.2) is 0 Å². The van der Waals surface area contributed by atoms with Crippen molar-refractivity contribution in [3.05, 3.63) is 88.2 Å². The number of aromatic nitrogens is 1. The van der Waals surface area contributed by atoms with E-state index in [0.29, 0.717) is 12.2 Å². The largest absolute Gasteiger partial charge is 0.318 e. The van der Waals surface area contributed by atoms with Crippen LogP contribution in [0.2, 0.25) is 0 Å². The first-order chi connectivity index (χ1) is 16.2. The number of amides is 2. The molecule has 5 nitrogen and oxygen atoms in total. The number of benzene rings is 2. The van der Waals surface area contributed by atoms with Gasteiger partial charge >= 0.3 is 0 Å². The SMILES string of the molecule is CCCN1C(=O)/C(=C\c2cc(C)n(-c3ccc(C)cc3C)c2C)C(=O)N(c2ccccc2)C1=S. The molecule has 0 N–H and O–H groups in total. The van der Waals surface area contributed by atoms with Crippen molar-refractivity contribution in [3.63, 3.8) is 0 Å². The summed E-state index contributed by atoms with van der Waals surface area (Å²) in [5.74, 6) is -0.745. The number of nitrogens with zero attached hydrogens (tertiary/aromatic N) is 3. The van der Waals surface area contributed by atoms with Gasteiger partial charge in [0.15, 0.2) is 5.11 Å². The van der Waals surface area contributed by atoms with Crippen LogP contribution in [0.25, 0.3) is 11.8 Å². The lowest BCUT2D eigenvalue weighted by Crippen LogP contribution is -2.56. The Morgan fingerprint density at radius 1 is 0.912 bits per heavy atom. The predicted molar refractivity (Wildman–Crippen MR) is 141 cm³/mol. The van der Waals surface area contributed by atoms with Crippen molar-refractivity contribution in [2.45, 2.75) is 41.0 Å². The van der Waals surface area contributed by atoms with Crippen LogP contribution in [0.4, 0.5) is 5.69 Å². The first-order valence-corrected chi connectivity index (χ1v) is 11.9. The van der Waals surface area contributed by atoms with Crippen molar-refractivity contribution in [2.24, 2.45) is 0 Å². The minimum Gasteiger partial charge on any atom is -0.318 e. The third-order valence-corrected chi connectivity index (χ3v) is 6.56. The van der Waals surface area contributed by atoms with Crippen molar-refractivity contribution >= 4 is 40.9 Å². The molecule has 1 saturated heterocycles. The fourth-order valence-electron chi connectivity index (χ4n) is 4.52. The van der Waals surface area contributed by atoms with Gasteiger partial charge < -0.3 is 4.57 Å². The molecular formula is C28H29N3O2S. The van der Waals surface area contributed by atoms with Gasteiger partial charge in [0, 0.05) is 23.6 Å². The van der Waals surface area contributed by atoms with Crippen molar-refractivity contribution < 1.29 is 9.59 Å². The molecule has 34 heavy (non-hydrogen) atoms. The van der Waals surface area contributed by atoms with E-state index in [0.717, 1.165) is 29.1 Å². The fourth-order valence-corrected chi connectivity index (χ4v) is 4.88. The maximum Gasteiger partial charge on any atom is 0.270 e. The third kappa shape index (κ3) is 4.10. The standard InChI is InChI=1S/C28H29N3O2S/c1-6-14-29-26(32)24(27(33)31(28(29)34)23-10-8-7-9-11-23)17-22-16-20(4)30(21(22)5)25-13-12-18(2)15-19(25)3/h7-13,15-17H,6,14H2,1-5H3/b24-17+. The van der Waals surface area contributed by atoms with Gasteiger partial charge in [-0.1, -0.05) is 42.8 Å². The summed E-state index contributed by atoms with van der Waals surface area (Å²) < 4.78 is 2.17. The number of para-hydroxylation sites is 1. The van der Waals surface area contributed by atoms with Crippen LogP contribution < -0.4 is 4.90 Å². The van der Waals surface area contributed by atoms with Crippen LogP contribution in [0.15, 0.2) is 60.2 Å². The molecule has 0 saturated carbocycles. The predicted octanol–water partition coefficient (Wildman–Crippen LogP) is 5.66. The van der Waals surface area contributed by atoms with Crippen LogP contribution in [-0.4, -0.2) is 32.9 Å². The number of hydrogen-bond acceptors (Lipinski definition) is 3. The Morgan fingerprint density at radius 2 is 1.62 bits per heavy atom. The second-order valence-corrected chi connectivity index (χ2v) is 9.09. The van der Waals surface area contributed by atoms with Gasteiger partial charge in [-0.2, -0.15) is 0 Å². The van der Waals surface area contributed by atoms with E-state index in [-0.39, 0.29) is 16.6 Å². The number of hydrogen-bond donors (Lipinski definition) is 0. The Kier molecular flexibility index (Phi) is 6.53. The van der Waals surface area contributed by atoms with Crippen molar-refractivity contribution in [3.8, 4) is 5.69 Å². The van der Waals surface area contributed by atoms with Gasteiger partial charge in [-0.05, 0) is 87.8 Å². The van der Waals surface area contributed by atoms with Crippen molar-refractivity contribution in [1.29, 1.82) is 0 Å². The van der Waals surface area contributed by atoms with Crippen LogP contribution in [-0.2, 0) is 9.59 Å². The Bertz CT molecular complexity index is 1320. The van der Waals surface area contributed by atoms with Crippen molar-refractivity contribution in [2.75, 3.05) is 11.4 Å². The molecule has 0 bridgehead atoms. The summed E-state index contributed by atoms with van der Waals surface area (Å²) in [4.78, 5) is 30.0. The molecule has 174 valence electrons. The quantitative estimate of drug-likeness (QED) is 0.274. The summed E-state index contributed by atoms with van der Waals surface area (Å²) in [5, 5.41) is 0.223. The van der Waals surface area contributed by atoms with Crippen LogP contribution in [0.3, 0.4) is 0 Å². The summed E-state index contributed by atoms with van der Waals surface area (Å²) >= 11 is 5.59. The topological polar surface area (TPSA) is 45.6 Å². The van der Waals surface area contributed by atoms with Gasteiger partial charge in [0.1, 0.15) is 5.57 Å². The van der Waals surface area contributed by atoms with E-state index in [9.17, 15) is 9.59 Å². The normalized spacial score (nSPS) is 15.6. The number of carbonyl (C=O) groups excluding carboxylic acids is 2. The molecule has 0 unspecified atom stereocenters. The second-order valence-electron chi connectivity index (χ2n) is 8.73. The van der Waals surface area contributed by atoms with Gasteiger partial charge in [0.25, 0.3) is 11.8 Å². The highest BCUT2D eigenvalue weighted by molar-refractivity contribution is 7.80. The van der Waals surface area contributed by atoms with Crippen LogP contribution in [0, 0.1) is 27.7 Å². The van der Waals surface area contributed by atoms with E-state index in [4.69, 9.17) is 12.2 Å². The maximum absolute atomic E-state index is 13.6. The molecule has 3 aromatic rings. The number of carbonyl (C=O) groups is 2. The molecule has 2 aromatic carbocycles. The van der Waals surface area contributed by atoms with E-state index < -0.39 is 5.91 Å². The summed E-state index contributed by atoms with van der Waals surface area (Å²) in [6.45, 7) is 10.7. The lowest BCUT2D eigenvalue weighted by molar-refractivity contribution is -0.127. The molecule has 1 fully saturated rings. The second kappa shape index (κ2) is 9.39. The van der Waals surface area contributed by atoms with Gasteiger partial charge in [0.2, 0.25) is 0 Å². The molecule has 6 heteroatoms. The molecule has 0 atom stereocenters. The minimum atomic E-state index is -0.398. The average molecular weight is 472 g/mol. The van der Waals surface area contributed by atoms with Crippen LogP contribution >= 0.6 is 12.2 Å². The Morgan fingerprint density at radius 3 is 2.26 bits per heavy atom. The molecule has 1 aliphatic heterocycles. The highest BCUT2D eigenvalue weighted by Gasteiger charge is 2.40. The highest BCUT2D eigenvalue weighted by Crippen LogP contribution is 2.29. The lowest BCUT2D eigenvalue weighted by atomic mass is 10.1. The summed E-state index contributed by atoms with van der Waals surface area (Å²) in [6, 6.07) is 17.6. The van der Waals surface area contributed by atoms with Crippen LogP contribution in [0.5, 0.6) is 0 Å². The average Bonchev–Trinajstić information content (AvgIpc) is 3.08. The third-order valence-electron chi connectivity index (χ3n) is 6.16. The smallest absolute Gasteiger partial charge is 0.270 e. The highest BCUT2D eigenvalue weighted by atomic mass is 32.1. The van der Waals surface area contributed by atoms with Gasteiger partial charge in [-0.15, -0.1) is 0 Å². The molecule has 1 aliphatic rings. The summed E-state index contributed by atoms with van der Waals surface area (Å²) in [7, 11) is 0. The van der Waals surface area contributed by atoms with E-state index in [1.165, 1.54) is 20.9 Å². The zero-order chi connectivity index (χ0) is 24.6. The molecule has 2 heterocycles. The van der Waals surface area contributed by atoms with Crippen molar-refractivity contribution in [1.82, 2.24) is 9.47 Å². The van der Waals surface area contributed by atoms with Gasteiger partial charge in [0.05, 0.1) is 5.69 Å². The summed E-state index contributed by atoms with van der Waals surface area (Å²) in [6.07, 6.45) is 2.45. The molecule has 2 amide bonds. The number of aryl methyl sites for hydroxylation is 3. The first kappa shape index (κ1) is 23.6. The Balaban J connectivity index is 1.83. The maximum atomic E-state index is 13.6. The molecule has 0 aliphatic carbocycles. The van der Waals surface area contributed by atoms with E-state index in [1.54, 1.807) is 6.08 Å². The lowest BCUT2D eigenvalue weighted by Gasteiger charge is -2.36. The number of anilines is 1. The van der Waals surface area contributed by atoms with E-state index in [1.807, 2.05) is 57.2 Å². The molecular weight excluding hydrogens is 442 g/mol. The van der Waals surface area contributed by atoms with E-state index in [2.05, 4.69) is 36.6 Å². The van der Waals surface area contributed by atoms with Crippen LogP contribution in [0.1, 0.15) is 41.4 Å².